The van der Waals surface area contributed by atoms with Gasteiger partial charge in [0.1, 0.15) is 0 Å². The van der Waals surface area contributed by atoms with Crippen LogP contribution in [0.25, 0.3) is 0 Å². The third-order valence-corrected chi connectivity index (χ3v) is 3.85. The van der Waals surface area contributed by atoms with Crippen molar-refractivity contribution in [2.24, 2.45) is 0 Å². The first kappa shape index (κ1) is 20.6. The minimum Gasteiger partial charge on any atom is -0.449 e. The molecule has 0 aliphatic rings. The van der Waals surface area contributed by atoms with Crippen LogP contribution in [-0.4, -0.2) is 28.8 Å². The van der Waals surface area contributed by atoms with Gasteiger partial charge < -0.3 is 15.4 Å². The summed E-state index contributed by atoms with van der Waals surface area (Å²) in [6.45, 7) is 4.22. The number of hydrogen-bond donors (Lipinski definition) is 2. The van der Waals surface area contributed by atoms with Crippen LogP contribution in [0.3, 0.4) is 0 Å². The number of anilines is 2. The molecule has 0 saturated heterocycles. The Bertz CT molecular complexity index is 924. The van der Waals surface area contributed by atoms with E-state index in [4.69, 9.17) is 4.74 Å². The van der Waals surface area contributed by atoms with Gasteiger partial charge in [0.2, 0.25) is 5.91 Å². The van der Waals surface area contributed by atoms with Crippen molar-refractivity contribution in [3.05, 3.63) is 63.7 Å². The van der Waals surface area contributed by atoms with E-state index < -0.39 is 22.9 Å². The van der Waals surface area contributed by atoms with Crippen molar-refractivity contribution >= 4 is 34.8 Å². The van der Waals surface area contributed by atoms with E-state index >= 15 is 0 Å². The highest BCUT2D eigenvalue weighted by Crippen LogP contribution is 2.22. The van der Waals surface area contributed by atoms with E-state index in [1.165, 1.54) is 39.0 Å². The molecule has 0 heterocycles. The zero-order chi connectivity index (χ0) is 20.8. The molecular weight excluding hydrogens is 366 g/mol. The predicted octanol–water partition coefficient (Wildman–Crippen LogP) is 3.05. The first-order valence-electron chi connectivity index (χ1n) is 8.32. The Labute approximate surface area is 160 Å². The fourth-order valence-corrected chi connectivity index (χ4v) is 2.40. The van der Waals surface area contributed by atoms with E-state index in [2.05, 4.69) is 10.6 Å². The molecule has 2 rings (SSSR count). The number of benzene rings is 2. The molecule has 0 unspecified atom stereocenters. The maximum atomic E-state index is 12.3. The zero-order valence-electron chi connectivity index (χ0n) is 15.5. The van der Waals surface area contributed by atoms with Gasteiger partial charge >= 0.3 is 5.97 Å². The molecule has 0 fully saturated rings. The second-order valence-electron chi connectivity index (χ2n) is 6.00. The van der Waals surface area contributed by atoms with Gasteiger partial charge in [0.05, 0.1) is 10.5 Å². The average Bonchev–Trinajstić information content (AvgIpc) is 2.62. The standard InChI is InChI=1S/C19H19N3O6/c1-11-16(5-4-6-17(11)22(26)27)19(25)28-12(2)18(24)21-15-9-7-14(8-10-15)20-13(3)23/h4-10,12H,1-3H3,(H,20,23)(H,21,24)/t12-/m0/s1. The van der Waals surface area contributed by atoms with Crippen LogP contribution in [0, 0.1) is 17.0 Å². The molecule has 146 valence electrons. The summed E-state index contributed by atoms with van der Waals surface area (Å²) in [7, 11) is 0. The number of carbonyl (C=O) groups is 3. The highest BCUT2D eigenvalue weighted by Gasteiger charge is 2.23. The van der Waals surface area contributed by atoms with Crippen LogP contribution in [0.5, 0.6) is 0 Å². The van der Waals surface area contributed by atoms with Crippen LogP contribution in [0.2, 0.25) is 0 Å². The van der Waals surface area contributed by atoms with E-state index in [-0.39, 0.29) is 22.7 Å². The normalized spacial score (nSPS) is 11.2. The predicted molar refractivity (Wildman–Crippen MR) is 102 cm³/mol. The van der Waals surface area contributed by atoms with Crippen molar-refractivity contribution in [1.29, 1.82) is 0 Å². The summed E-state index contributed by atoms with van der Waals surface area (Å²) in [5.74, 6) is -1.61. The Morgan fingerprint density at radius 1 is 1.04 bits per heavy atom. The zero-order valence-corrected chi connectivity index (χ0v) is 15.5. The summed E-state index contributed by atoms with van der Waals surface area (Å²) in [6, 6.07) is 10.5. The van der Waals surface area contributed by atoms with Crippen molar-refractivity contribution < 1.29 is 24.0 Å². The molecule has 2 amide bonds. The number of ether oxygens (including phenoxy) is 1. The highest BCUT2D eigenvalue weighted by molar-refractivity contribution is 5.98. The van der Waals surface area contributed by atoms with Gasteiger partial charge in [-0.05, 0) is 44.2 Å². The average molecular weight is 385 g/mol. The summed E-state index contributed by atoms with van der Waals surface area (Å²) < 4.78 is 5.13. The van der Waals surface area contributed by atoms with Gasteiger partial charge in [-0.3, -0.25) is 19.7 Å². The SMILES string of the molecule is CC(=O)Nc1ccc(NC(=O)[C@H](C)OC(=O)c2cccc([N+](=O)[O-])c2C)cc1. The van der Waals surface area contributed by atoms with Gasteiger partial charge in [0, 0.05) is 29.9 Å². The lowest BCUT2D eigenvalue weighted by molar-refractivity contribution is -0.385. The van der Waals surface area contributed by atoms with Crippen LogP contribution in [0.1, 0.15) is 29.8 Å². The van der Waals surface area contributed by atoms with Gasteiger partial charge in [-0.25, -0.2) is 4.79 Å². The second kappa shape index (κ2) is 8.76. The number of nitrogens with zero attached hydrogens (tertiary/aromatic N) is 1. The van der Waals surface area contributed by atoms with Crippen molar-refractivity contribution in [3.63, 3.8) is 0 Å². The van der Waals surface area contributed by atoms with E-state index in [0.717, 1.165) is 0 Å². The van der Waals surface area contributed by atoms with Crippen LogP contribution < -0.4 is 10.6 Å². The van der Waals surface area contributed by atoms with Gasteiger partial charge in [0.25, 0.3) is 11.6 Å². The van der Waals surface area contributed by atoms with E-state index in [1.807, 2.05) is 0 Å². The first-order valence-corrected chi connectivity index (χ1v) is 8.32. The molecule has 2 aromatic carbocycles. The number of amides is 2. The molecule has 0 aromatic heterocycles. The van der Waals surface area contributed by atoms with Gasteiger partial charge in [-0.1, -0.05) is 6.07 Å². The topological polar surface area (TPSA) is 128 Å². The molecule has 9 nitrogen and oxygen atoms in total. The number of hydrogen-bond acceptors (Lipinski definition) is 6. The number of nitrogens with one attached hydrogen (secondary N) is 2. The van der Waals surface area contributed by atoms with Crippen molar-refractivity contribution in [3.8, 4) is 0 Å². The Morgan fingerprint density at radius 3 is 2.14 bits per heavy atom. The lowest BCUT2D eigenvalue weighted by atomic mass is 10.1. The molecule has 0 spiro atoms. The van der Waals surface area contributed by atoms with Crippen LogP contribution in [0.4, 0.5) is 17.1 Å². The third-order valence-electron chi connectivity index (χ3n) is 3.85. The Kier molecular flexibility index (Phi) is 6.43. The number of rotatable bonds is 6. The van der Waals surface area contributed by atoms with Gasteiger partial charge in [0.15, 0.2) is 6.10 Å². The van der Waals surface area contributed by atoms with Crippen LogP contribution in [0.15, 0.2) is 42.5 Å². The second-order valence-corrected chi connectivity index (χ2v) is 6.00. The Morgan fingerprint density at radius 2 is 1.61 bits per heavy atom. The fourth-order valence-electron chi connectivity index (χ4n) is 2.40. The molecule has 0 saturated carbocycles. The molecule has 9 heteroatoms. The third kappa shape index (κ3) is 5.13. The summed E-state index contributed by atoms with van der Waals surface area (Å²) in [5.41, 5.74) is 1.01. The van der Waals surface area contributed by atoms with Gasteiger partial charge in [-0.15, -0.1) is 0 Å². The van der Waals surface area contributed by atoms with E-state index in [0.29, 0.717) is 11.4 Å². The molecular formula is C19H19N3O6. The Balaban J connectivity index is 2.02. The molecule has 0 aliphatic heterocycles. The van der Waals surface area contributed by atoms with Gasteiger partial charge in [-0.2, -0.15) is 0 Å². The molecule has 0 aliphatic carbocycles. The Hall–Kier alpha value is -3.75. The molecule has 28 heavy (non-hydrogen) atoms. The minimum atomic E-state index is -1.12. The largest absolute Gasteiger partial charge is 0.449 e. The first-order chi connectivity index (χ1) is 13.2. The van der Waals surface area contributed by atoms with E-state index in [1.54, 1.807) is 24.3 Å². The van der Waals surface area contributed by atoms with Crippen molar-refractivity contribution in [2.75, 3.05) is 10.6 Å². The molecule has 2 aromatic rings. The maximum absolute atomic E-state index is 12.3. The molecule has 1 atom stereocenters. The summed E-state index contributed by atoms with van der Waals surface area (Å²) in [4.78, 5) is 45.9. The molecule has 2 N–H and O–H groups in total. The van der Waals surface area contributed by atoms with Crippen molar-refractivity contribution in [2.45, 2.75) is 26.9 Å². The summed E-state index contributed by atoms with van der Waals surface area (Å²) in [5, 5.41) is 16.2. The summed E-state index contributed by atoms with van der Waals surface area (Å²) in [6.07, 6.45) is -1.12. The smallest absolute Gasteiger partial charge is 0.339 e. The maximum Gasteiger partial charge on any atom is 0.339 e. The summed E-state index contributed by atoms with van der Waals surface area (Å²) >= 11 is 0. The van der Waals surface area contributed by atoms with Crippen molar-refractivity contribution in [1.82, 2.24) is 0 Å². The highest BCUT2D eigenvalue weighted by atomic mass is 16.6. The van der Waals surface area contributed by atoms with Crippen LogP contribution in [-0.2, 0) is 14.3 Å². The van der Waals surface area contributed by atoms with Crippen LogP contribution >= 0.6 is 0 Å². The number of esters is 1. The lowest BCUT2D eigenvalue weighted by Gasteiger charge is -2.14. The van der Waals surface area contributed by atoms with E-state index in [9.17, 15) is 24.5 Å². The molecule has 0 bridgehead atoms. The fraction of sp³-hybridized carbons (Fsp3) is 0.211. The quantitative estimate of drug-likeness (QED) is 0.447. The molecule has 0 radical (unpaired) electrons. The number of nitro groups is 1. The minimum absolute atomic E-state index is 0.0218. The number of nitro benzene ring substituents is 1. The monoisotopic (exact) mass is 385 g/mol. The lowest BCUT2D eigenvalue weighted by Crippen LogP contribution is -2.30. The number of carbonyl (C=O) groups excluding carboxylic acids is 3.